The van der Waals surface area contributed by atoms with Gasteiger partial charge in [0.2, 0.25) is 11.7 Å². The number of tetrazole rings is 1. The zero-order valence-corrected chi connectivity index (χ0v) is 17.0. The van der Waals surface area contributed by atoms with E-state index in [0.29, 0.717) is 28.2 Å². The molecule has 1 N–H and O–H groups in total. The number of rotatable bonds is 6. The number of nitrogens with one attached hydrogen (secondary N) is 1. The quantitative estimate of drug-likeness (QED) is 0.469. The molecule has 0 aliphatic rings. The van der Waals surface area contributed by atoms with Gasteiger partial charge in [-0.25, -0.2) is 4.79 Å². The second kappa shape index (κ2) is 8.33. The Morgan fingerprint density at radius 3 is 2.83 bits per heavy atom. The van der Waals surface area contributed by atoms with Gasteiger partial charge in [0.05, 0.1) is 29.1 Å². The highest BCUT2D eigenvalue weighted by molar-refractivity contribution is 7.00. The molecule has 0 saturated carbocycles. The Labute approximate surface area is 175 Å². The lowest BCUT2D eigenvalue weighted by Gasteiger charge is -2.08. The number of carbonyl (C=O) groups is 2. The Morgan fingerprint density at radius 1 is 1.17 bits per heavy atom. The number of anilines is 1. The smallest absolute Gasteiger partial charge is 0.338 e. The molecule has 152 valence electrons. The molecule has 0 aliphatic carbocycles. The summed E-state index contributed by atoms with van der Waals surface area (Å²) in [4.78, 5) is 25.7. The predicted molar refractivity (Wildman–Crippen MR) is 110 cm³/mol. The third-order valence-electron chi connectivity index (χ3n) is 4.00. The summed E-state index contributed by atoms with van der Waals surface area (Å²) in [6.07, 6.45) is -0.218. The van der Waals surface area contributed by atoms with E-state index in [2.05, 4.69) is 29.5 Å². The van der Waals surface area contributed by atoms with Crippen molar-refractivity contribution in [1.29, 1.82) is 0 Å². The van der Waals surface area contributed by atoms with Crippen LogP contribution in [0.25, 0.3) is 22.4 Å². The standard InChI is InChI=1S/C19H17N7O3S/c1-11(2)29-19(28)13-6-3-5-12(9-13)18-21-25-26(22-18)10-16(27)20-14-7-4-8-15-17(14)24-30-23-15/h3-9,11H,10H2,1-2H3,(H,20,27). The van der Waals surface area contributed by atoms with Crippen molar-refractivity contribution in [3.8, 4) is 11.4 Å². The number of nitrogens with zero attached hydrogens (tertiary/aromatic N) is 6. The summed E-state index contributed by atoms with van der Waals surface area (Å²) in [5.74, 6) is -0.453. The van der Waals surface area contributed by atoms with Gasteiger partial charge < -0.3 is 10.1 Å². The first-order valence-corrected chi connectivity index (χ1v) is 9.83. The topological polar surface area (TPSA) is 125 Å². The van der Waals surface area contributed by atoms with Crippen LogP contribution in [-0.4, -0.2) is 46.9 Å². The van der Waals surface area contributed by atoms with Gasteiger partial charge in [0.15, 0.2) is 0 Å². The molecule has 1 amide bonds. The van der Waals surface area contributed by atoms with E-state index >= 15 is 0 Å². The highest BCUT2D eigenvalue weighted by Crippen LogP contribution is 2.21. The van der Waals surface area contributed by atoms with Crippen molar-refractivity contribution in [2.45, 2.75) is 26.5 Å². The largest absolute Gasteiger partial charge is 0.459 e. The molecule has 4 aromatic rings. The molecule has 0 atom stereocenters. The van der Waals surface area contributed by atoms with Crippen LogP contribution in [0.1, 0.15) is 24.2 Å². The summed E-state index contributed by atoms with van der Waals surface area (Å²) in [5, 5.41) is 14.9. The van der Waals surface area contributed by atoms with Crippen LogP contribution in [-0.2, 0) is 16.1 Å². The fourth-order valence-electron chi connectivity index (χ4n) is 2.72. The molecule has 2 aromatic carbocycles. The molecule has 0 aliphatic heterocycles. The third-order valence-corrected chi connectivity index (χ3v) is 4.54. The molecular formula is C19H17N7O3S. The number of hydrogen-bond donors (Lipinski definition) is 1. The second-order valence-electron chi connectivity index (χ2n) is 6.66. The molecule has 0 radical (unpaired) electrons. The molecule has 0 bridgehead atoms. The van der Waals surface area contributed by atoms with E-state index in [0.717, 1.165) is 17.2 Å². The summed E-state index contributed by atoms with van der Waals surface area (Å²) in [6.45, 7) is 3.44. The summed E-state index contributed by atoms with van der Waals surface area (Å²) in [5.41, 5.74) is 2.91. The Bertz CT molecular complexity index is 1220. The predicted octanol–water partition coefficient (Wildman–Crippen LogP) is 2.55. The van der Waals surface area contributed by atoms with E-state index < -0.39 is 5.97 Å². The van der Waals surface area contributed by atoms with Crippen molar-refractivity contribution >= 4 is 40.3 Å². The van der Waals surface area contributed by atoms with Crippen LogP contribution in [0.4, 0.5) is 5.69 Å². The Kier molecular flexibility index (Phi) is 5.44. The number of aromatic nitrogens is 6. The van der Waals surface area contributed by atoms with E-state index in [4.69, 9.17) is 4.74 Å². The first-order chi connectivity index (χ1) is 14.5. The molecule has 0 fully saturated rings. The fraction of sp³-hybridized carbons (Fsp3) is 0.211. The Balaban J connectivity index is 1.46. The molecule has 10 nitrogen and oxygen atoms in total. The molecule has 4 rings (SSSR count). The van der Waals surface area contributed by atoms with E-state index in [-0.39, 0.29) is 18.6 Å². The number of amides is 1. The molecule has 2 heterocycles. The number of benzene rings is 2. The summed E-state index contributed by atoms with van der Waals surface area (Å²) in [7, 11) is 0. The normalized spacial score (nSPS) is 11.0. The number of ether oxygens (including phenoxy) is 1. The Morgan fingerprint density at radius 2 is 2.00 bits per heavy atom. The first-order valence-electron chi connectivity index (χ1n) is 9.10. The van der Waals surface area contributed by atoms with Crippen LogP contribution in [0.15, 0.2) is 42.5 Å². The van der Waals surface area contributed by atoms with Gasteiger partial charge in [-0.05, 0) is 43.3 Å². The van der Waals surface area contributed by atoms with Crippen LogP contribution in [0.5, 0.6) is 0 Å². The van der Waals surface area contributed by atoms with Crippen molar-refractivity contribution in [2.75, 3.05) is 5.32 Å². The van der Waals surface area contributed by atoms with Crippen LogP contribution < -0.4 is 5.32 Å². The number of hydrogen-bond acceptors (Lipinski definition) is 9. The monoisotopic (exact) mass is 423 g/mol. The summed E-state index contributed by atoms with van der Waals surface area (Å²) < 4.78 is 13.5. The van der Waals surface area contributed by atoms with Gasteiger partial charge in [0.1, 0.15) is 17.6 Å². The van der Waals surface area contributed by atoms with Gasteiger partial charge in [0.25, 0.3) is 0 Å². The van der Waals surface area contributed by atoms with Crippen LogP contribution in [0.3, 0.4) is 0 Å². The van der Waals surface area contributed by atoms with Gasteiger partial charge in [-0.1, -0.05) is 18.2 Å². The minimum Gasteiger partial charge on any atom is -0.459 e. The maximum Gasteiger partial charge on any atom is 0.338 e. The second-order valence-corrected chi connectivity index (χ2v) is 7.19. The van der Waals surface area contributed by atoms with Crippen molar-refractivity contribution in [2.24, 2.45) is 0 Å². The first kappa shape index (κ1) is 19.6. The third kappa shape index (κ3) is 4.30. The zero-order valence-electron chi connectivity index (χ0n) is 16.1. The number of carbonyl (C=O) groups excluding carboxylic acids is 2. The average Bonchev–Trinajstić information content (AvgIpc) is 3.37. The molecule has 2 aromatic heterocycles. The van der Waals surface area contributed by atoms with Crippen molar-refractivity contribution in [1.82, 2.24) is 29.0 Å². The van der Waals surface area contributed by atoms with Gasteiger partial charge in [-0.3, -0.25) is 4.79 Å². The molecule has 11 heteroatoms. The van der Waals surface area contributed by atoms with E-state index in [1.807, 2.05) is 6.07 Å². The van der Waals surface area contributed by atoms with Gasteiger partial charge in [-0.2, -0.15) is 13.5 Å². The van der Waals surface area contributed by atoms with E-state index in [1.54, 1.807) is 50.2 Å². The van der Waals surface area contributed by atoms with Gasteiger partial charge in [0, 0.05) is 5.56 Å². The fourth-order valence-corrected chi connectivity index (χ4v) is 3.27. The average molecular weight is 423 g/mol. The number of fused-ring (bicyclic) bond motifs is 1. The Hall–Kier alpha value is -3.73. The summed E-state index contributed by atoms with van der Waals surface area (Å²) >= 11 is 1.08. The zero-order chi connectivity index (χ0) is 21.1. The highest BCUT2D eigenvalue weighted by atomic mass is 32.1. The van der Waals surface area contributed by atoms with E-state index in [9.17, 15) is 9.59 Å². The SMILES string of the molecule is CC(C)OC(=O)c1cccc(-c2nnn(CC(=O)Nc3cccc4nsnc34)n2)c1. The molecular weight excluding hydrogens is 406 g/mol. The molecule has 0 spiro atoms. The number of esters is 1. The van der Waals surface area contributed by atoms with Crippen LogP contribution >= 0.6 is 11.7 Å². The summed E-state index contributed by atoms with van der Waals surface area (Å²) in [6, 6.07) is 12.1. The van der Waals surface area contributed by atoms with Crippen molar-refractivity contribution in [3.05, 3.63) is 48.0 Å². The molecule has 0 unspecified atom stereocenters. The van der Waals surface area contributed by atoms with Gasteiger partial charge >= 0.3 is 5.97 Å². The lowest BCUT2D eigenvalue weighted by Crippen LogP contribution is -2.20. The van der Waals surface area contributed by atoms with Gasteiger partial charge in [-0.15, -0.1) is 10.2 Å². The maximum absolute atomic E-state index is 12.4. The highest BCUT2D eigenvalue weighted by Gasteiger charge is 2.14. The maximum atomic E-state index is 12.4. The molecule has 30 heavy (non-hydrogen) atoms. The lowest BCUT2D eigenvalue weighted by molar-refractivity contribution is -0.117. The minimum absolute atomic E-state index is 0.129. The van der Waals surface area contributed by atoms with Crippen LogP contribution in [0, 0.1) is 0 Å². The van der Waals surface area contributed by atoms with Crippen molar-refractivity contribution in [3.63, 3.8) is 0 Å². The van der Waals surface area contributed by atoms with Crippen LogP contribution in [0.2, 0.25) is 0 Å². The minimum atomic E-state index is -0.427. The van der Waals surface area contributed by atoms with Crippen molar-refractivity contribution < 1.29 is 14.3 Å². The lowest BCUT2D eigenvalue weighted by atomic mass is 10.1. The molecule has 0 saturated heterocycles. The van der Waals surface area contributed by atoms with E-state index in [1.165, 1.54) is 4.80 Å².